The molecule has 0 aliphatic rings. The Hall–Kier alpha value is -1.09. The summed E-state index contributed by atoms with van der Waals surface area (Å²) in [4.78, 5) is 3.87. The van der Waals surface area contributed by atoms with Crippen molar-refractivity contribution in [1.82, 2.24) is 4.98 Å². The van der Waals surface area contributed by atoms with Gasteiger partial charge in [0.2, 0.25) is 0 Å². The number of nitrogens with two attached hydrogens (primary N) is 1. The molecule has 3 nitrogen and oxygen atoms in total. The molecule has 3 N–H and O–H groups in total. The molecule has 1 aromatic heterocycles. The fourth-order valence-electron chi connectivity index (χ4n) is 0.932. The van der Waals surface area contributed by atoms with Crippen LogP contribution in [-0.2, 0) is 0 Å². The highest BCUT2D eigenvalue weighted by Crippen LogP contribution is 2.19. The Morgan fingerprint density at radius 1 is 1.73 bits per heavy atom. The Labute approximate surface area is 65.9 Å². The molecule has 0 saturated carbocycles. The zero-order chi connectivity index (χ0) is 8.27. The predicted octanol–water partition coefficient (Wildman–Crippen LogP) is 1.11. The Morgan fingerprint density at radius 2 is 2.45 bits per heavy atom. The van der Waals surface area contributed by atoms with Crippen LogP contribution >= 0.6 is 0 Å². The summed E-state index contributed by atoms with van der Waals surface area (Å²) in [5, 5.41) is 9.39. The molecule has 0 aliphatic carbocycles. The van der Waals surface area contributed by atoms with Crippen molar-refractivity contribution in [2.24, 2.45) is 0 Å². The predicted molar refractivity (Wildman–Crippen MR) is 43.9 cm³/mol. The number of aliphatic hydroxyl groups is 1. The second-order valence-electron chi connectivity index (χ2n) is 2.40. The van der Waals surface area contributed by atoms with E-state index in [1.54, 1.807) is 18.3 Å². The van der Waals surface area contributed by atoms with Crippen LogP contribution in [0.3, 0.4) is 0 Å². The first-order chi connectivity index (χ1) is 5.25. The molecule has 0 radical (unpaired) electrons. The van der Waals surface area contributed by atoms with Gasteiger partial charge in [-0.25, -0.2) is 4.98 Å². The van der Waals surface area contributed by atoms with E-state index in [2.05, 4.69) is 4.98 Å². The molecule has 1 heterocycles. The van der Waals surface area contributed by atoms with Gasteiger partial charge in [-0.15, -0.1) is 0 Å². The number of rotatable bonds is 2. The van der Waals surface area contributed by atoms with Gasteiger partial charge in [-0.2, -0.15) is 0 Å². The van der Waals surface area contributed by atoms with Crippen molar-refractivity contribution in [2.45, 2.75) is 19.4 Å². The number of nitrogen functional groups attached to an aromatic ring is 1. The number of pyridine rings is 1. The van der Waals surface area contributed by atoms with Gasteiger partial charge in [-0.05, 0) is 12.5 Å². The first kappa shape index (κ1) is 8.01. The first-order valence-corrected chi connectivity index (χ1v) is 3.64. The molecule has 1 atom stereocenters. The van der Waals surface area contributed by atoms with Crippen molar-refractivity contribution in [3.63, 3.8) is 0 Å². The van der Waals surface area contributed by atoms with Gasteiger partial charge in [0.1, 0.15) is 5.82 Å². The molecule has 0 amide bonds. The number of aliphatic hydroxyl groups excluding tert-OH is 1. The molecular weight excluding hydrogens is 140 g/mol. The summed E-state index contributed by atoms with van der Waals surface area (Å²) in [6.07, 6.45) is 1.79. The van der Waals surface area contributed by atoms with E-state index in [4.69, 9.17) is 5.73 Å². The minimum absolute atomic E-state index is 0.418. The summed E-state index contributed by atoms with van der Waals surface area (Å²) < 4.78 is 0. The normalized spacial score (nSPS) is 12.9. The van der Waals surface area contributed by atoms with Gasteiger partial charge in [0.25, 0.3) is 0 Å². The van der Waals surface area contributed by atoms with E-state index in [-0.39, 0.29) is 0 Å². The van der Waals surface area contributed by atoms with Crippen molar-refractivity contribution in [1.29, 1.82) is 0 Å². The third kappa shape index (κ3) is 1.68. The van der Waals surface area contributed by atoms with E-state index in [0.717, 1.165) is 5.56 Å². The van der Waals surface area contributed by atoms with Crippen molar-refractivity contribution in [2.75, 3.05) is 5.73 Å². The van der Waals surface area contributed by atoms with E-state index < -0.39 is 6.10 Å². The van der Waals surface area contributed by atoms with Gasteiger partial charge in [0.15, 0.2) is 0 Å². The highest BCUT2D eigenvalue weighted by Gasteiger charge is 2.07. The second kappa shape index (κ2) is 3.34. The molecule has 1 aromatic rings. The lowest BCUT2D eigenvalue weighted by Crippen LogP contribution is -2.02. The number of hydrogen-bond acceptors (Lipinski definition) is 3. The third-order valence-corrected chi connectivity index (χ3v) is 1.62. The molecule has 1 rings (SSSR count). The zero-order valence-corrected chi connectivity index (χ0v) is 6.49. The van der Waals surface area contributed by atoms with Crippen molar-refractivity contribution in [3.8, 4) is 0 Å². The monoisotopic (exact) mass is 152 g/mol. The van der Waals surface area contributed by atoms with E-state index in [1.807, 2.05) is 6.92 Å². The topological polar surface area (TPSA) is 59.1 Å². The second-order valence-corrected chi connectivity index (χ2v) is 2.40. The summed E-state index contributed by atoms with van der Waals surface area (Å²) >= 11 is 0. The third-order valence-electron chi connectivity index (χ3n) is 1.62. The van der Waals surface area contributed by atoms with E-state index in [0.29, 0.717) is 12.2 Å². The standard InChI is InChI=1S/C8H12N2O/c1-2-7(11)6-4-3-5-10-8(6)9/h3-5,7,11H,2H2,1H3,(H2,9,10). The summed E-state index contributed by atoms with van der Waals surface area (Å²) in [5.41, 5.74) is 6.24. The Morgan fingerprint density at radius 3 is 3.00 bits per heavy atom. The molecule has 0 fully saturated rings. The van der Waals surface area contributed by atoms with E-state index >= 15 is 0 Å². The minimum atomic E-state index is -0.483. The summed E-state index contributed by atoms with van der Waals surface area (Å²) in [6.45, 7) is 1.90. The van der Waals surface area contributed by atoms with E-state index in [1.165, 1.54) is 0 Å². The molecule has 11 heavy (non-hydrogen) atoms. The van der Waals surface area contributed by atoms with Crippen LogP contribution in [0.1, 0.15) is 25.0 Å². The first-order valence-electron chi connectivity index (χ1n) is 3.64. The van der Waals surface area contributed by atoms with Gasteiger partial charge >= 0.3 is 0 Å². The summed E-state index contributed by atoms with van der Waals surface area (Å²) in [5.74, 6) is 0.418. The molecule has 0 aliphatic heterocycles. The quantitative estimate of drug-likeness (QED) is 0.667. The number of aromatic nitrogens is 1. The fourth-order valence-corrected chi connectivity index (χ4v) is 0.932. The largest absolute Gasteiger partial charge is 0.388 e. The Balaban J connectivity index is 2.93. The van der Waals surface area contributed by atoms with E-state index in [9.17, 15) is 5.11 Å². The minimum Gasteiger partial charge on any atom is -0.388 e. The molecule has 0 saturated heterocycles. The lowest BCUT2D eigenvalue weighted by Gasteiger charge is -2.08. The van der Waals surface area contributed by atoms with Crippen LogP contribution in [0, 0.1) is 0 Å². The summed E-state index contributed by atoms with van der Waals surface area (Å²) in [7, 11) is 0. The van der Waals surface area contributed by atoms with Gasteiger partial charge in [-0.1, -0.05) is 13.0 Å². The maximum absolute atomic E-state index is 9.39. The van der Waals surface area contributed by atoms with Crippen LogP contribution in [-0.4, -0.2) is 10.1 Å². The maximum Gasteiger partial charge on any atom is 0.129 e. The maximum atomic E-state index is 9.39. The number of nitrogens with zero attached hydrogens (tertiary/aromatic N) is 1. The molecule has 0 aromatic carbocycles. The SMILES string of the molecule is CCC(O)c1cccnc1N. The molecular formula is C8H12N2O. The molecule has 1 unspecified atom stereocenters. The van der Waals surface area contributed by atoms with Gasteiger partial charge in [-0.3, -0.25) is 0 Å². The highest BCUT2D eigenvalue weighted by atomic mass is 16.3. The van der Waals surface area contributed by atoms with Gasteiger partial charge < -0.3 is 10.8 Å². The number of hydrogen-bond donors (Lipinski definition) is 2. The van der Waals surface area contributed by atoms with Gasteiger partial charge in [0, 0.05) is 11.8 Å². The van der Waals surface area contributed by atoms with Crippen LogP contribution in [0.5, 0.6) is 0 Å². The smallest absolute Gasteiger partial charge is 0.129 e. The van der Waals surface area contributed by atoms with Crippen LogP contribution in [0.15, 0.2) is 18.3 Å². The van der Waals surface area contributed by atoms with Crippen LogP contribution < -0.4 is 5.73 Å². The molecule has 3 heteroatoms. The zero-order valence-electron chi connectivity index (χ0n) is 6.49. The Kier molecular flexibility index (Phi) is 2.44. The average Bonchev–Trinajstić information content (AvgIpc) is 2.04. The lowest BCUT2D eigenvalue weighted by atomic mass is 10.1. The summed E-state index contributed by atoms with van der Waals surface area (Å²) in [6, 6.07) is 3.56. The lowest BCUT2D eigenvalue weighted by molar-refractivity contribution is 0.174. The van der Waals surface area contributed by atoms with Crippen LogP contribution in [0.4, 0.5) is 5.82 Å². The van der Waals surface area contributed by atoms with Crippen LogP contribution in [0.25, 0.3) is 0 Å². The average molecular weight is 152 g/mol. The fraction of sp³-hybridized carbons (Fsp3) is 0.375. The Bertz CT molecular complexity index is 237. The highest BCUT2D eigenvalue weighted by molar-refractivity contribution is 5.39. The van der Waals surface area contributed by atoms with Gasteiger partial charge in [0.05, 0.1) is 6.10 Å². The van der Waals surface area contributed by atoms with Crippen molar-refractivity contribution in [3.05, 3.63) is 23.9 Å². The van der Waals surface area contributed by atoms with Crippen LogP contribution in [0.2, 0.25) is 0 Å². The molecule has 0 bridgehead atoms. The molecule has 0 spiro atoms. The number of anilines is 1. The van der Waals surface area contributed by atoms with Crippen molar-refractivity contribution < 1.29 is 5.11 Å². The molecule has 60 valence electrons. The van der Waals surface area contributed by atoms with Crippen molar-refractivity contribution >= 4 is 5.82 Å².